The SMILES string of the molecule is Cc1cccc(O[C@@H](C)C(=O)Nc2ccc(OCc3cc(=O)n4oc(C)cc4n3)cc2)c1. The Morgan fingerprint density at radius 2 is 1.88 bits per heavy atom. The molecule has 0 fully saturated rings. The van der Waals surface area contributed by atoms with Crippen molar-refractivity contribution in [3.63, 3.8) is 0 Å². The zero-order valence-electron chi connectivity index (χ0n) is 18.0. The summed E-state index contributed by atoms with van der Waals surface area (Å²) in [4.78, 5) is 28.9. The predicted octanol–water partition coefficient (Wildman–Crippen LogP) is 3.89. The van der Waals surface area contributed by atoms with Crippen molar-refractivity contribution >= 4 is 17.2 Å². The Hall–Kier alpha value is -4.07. The van der Waals surface area contributed by atoms with Crippen molar-refractivity contribution in [1.82, 2.24) is 9.56 Å². The second kappa shape index (κ2) is 8.97. The van der Waals surface area contributed by atoms with E-state index in [1.54, 1.807) is 44.2 Å². The van der Waals surface area contributed by atoms with Gasteiger partial charge in [-0.25, -0.2) is 4.98 Å². The van der Waals surface area contributed by atoms with Crippen LogP contribution in [0, 0.1) is 13.8 Å². The molecule has 0 saturated carbocycles. The fourth-order valence-electron chi connectivity index (χ4n) is 3.13. The Morgan fingerprint density at radius 1 is 1.09 bits per heavy atom. The van der Waals surface area contributed by atoms with E-state index in [-0.39, 0.29) is 18.1 Å². The molecule has 1 amide bonds. The monoisotopic (exact) mass is 433 g/mol. The lowest BCUT2D eigenvalue weighted by molar-refractivity contribution is -0.122. The molecule has 0 radical (unpaired) electrons. The number of aryl methyl sites for hydroxylation is 2. The Labute approximate surface area is 184 Å². The van der Waals surface area contributed by atoms with E-state index in [1.807, 2.05) is 31.2 Å². The van der Waals surface area contributed by atoms with E-state index >= 15 is 0 Å². The molecule has 0 bridgehead atoms. The molecule has 0 aliphatic carbocycles. The Kier molecular flexibility index (Phi) is 5.93. The summed E-state index contributed by atoms with van der Waals surface area (Å²) in [5.74, 6) is 1.57. The smallest absolute Gasteiger partial charge is 0.287 e. The quantitative estimate of drug-likeness (QED) is 0.475. The van der Waals surface area contributed by atoms with Gasteiger partial charge in [-0.05, 0) is 62.7 Å². The maximum Gasteiger partial charge on any atom is 0.287 e. The minimum atomic E-state index is -0.653. The summed E-state index contributed by atoms with van der Waals surface area (Å²) < 4.78 is 17.8. The summed E-state index contributed by atoms with van der Waals surface area (Å²) in [6.45, 7) is 5.54. The zero-order valence-corrected chi connectivity index (χ0v) is 18.0. The van der Waals surface area contributed by atoms with Crippen molar-refractivity contribution in [2.24, 2.45) is 0 Å². The minimum Gasteiger partial charge on any atom is -0.487 e. The van der Waals surface area contributed by atoms with Crippen LogP contribution in [0.15, 0.2) is 70.0 Å². The molecular weight excluding hydrogens is 410 g/mol. The molecule has 8 heteroatoms. The van der Waals surface area contributed by atoms with Gasteiger partial charge in [-0.2, -0.15) is 0 Å². The first-order valence-corrected chi connectivity index (χ1v) is 10.1. The number of hydrogen-bond donors (Lipinski definition) is 1. The number of anilines is 1. The molecule has 4 aromatic rings. The molecular formula is C24H23N3O5. The molecule has 164 valence electrons. The summed E-state index contributed by atoms with van der Waals surface area (Å²) >= 11 is 0. The number of nitrogens with zero attached hydrogens (tertiary/aromatic N) is 2. The second-order valence-electron chi connectivity index (χ2n) is 7.46. The number of benzene rings is 2. The normalized spacial score (nSPS) is 11.8. The number of nitrogens with one attached hydrogen (secondary N) is 1. The molecule has 0 spiro atoms. The number of hydrogen-bond acceptors (Lipinski definition) is 6. The van der Waals surface area contributed by atoms with E-state index < -0.39 is 6.10 Å². The van der Waals surface area contributed by atoms with E-state index in [0.717, 1.165) is 10.1 Å². The van der Waals surface area contributed by atoms with Crippen LogP contribution in [-0.2, 0) is 11.4 Å². The highest BCUT2D eigenvalue weighted by atomic mass is 16.5. The van der Waals surface area contributed by atoms with E-state index in [4.69, 9.17) is 14.0 Å². The Morgan fingerprint density at radius 3 is 2.62 bits per heavy atom. The number of ether oxygens (including phenoxy) is 2. The summed E-state index contributed by atoms with van der Waals surface area (Å²) in [6, 6.07) is 17.5. The first-order chi connectivity index (χ1) is 15.4. The highest BCUT2D eigenvalue weighted by Gasteiger charge is 2.15. The van der Waals surface area contributed by atoms with Gasteiger partial charge in [-0.1, -0.05) is 12.1 Å². The van der Waals surface area contributed by atoms with Gasteiger partial charge in [0.05, 0.1) is 5.69 Å². The van der Waals surface area contributed by atoms with Crippen molar-refractivity contribution < 1.29 is 18.8 Å². The van der Waals surface area contributed by atoms with E-state index in [0.29, 0.717) is 34.3 Å². The van der Waals surface area contributed by atoms with E-state index in [9.17, 15) is 9.59 Å². The summed E-state index contributed by atoms with van der Waals surface area (Å²) in [5.41, 5.74) is 2.31. The number of amides is 1. The van der Waals surface area contributed by atoms with Crippen molar-refractivity contribution in [2.45, 2.75) is 33.5 Å². The molecule has 0 saturated heterocycles. The number of rotatable bonds is 7. The van der Waals surface area contributed by atoms with Gasteiger partial charge in [0.15, 0.2) is 11.8 Å². The third kappa shape index (κ3) is 4.97. The van der Waals surface area contributed by atoms with Crippen LogP contribution in [0.1, 0.15) is 23.9 Å². The van der Waals surface area contributed by atoms with Gasteiger partial charge in [-0.15, -0.1) is 4.57 Å². The fraction of sp³-hybridized carbons (Fsp3) is 0.208. The first-order valence-electron chi connectivity index (χ1n) is 10.1. The molecule has 2 aromatic carbocycles. The molecule has 0 aliphatic rings. The van der Waals surface area contributed by atoms with Gasteiger partial charge in [0.25, 0.3) is 11.5 Å². The van der Waals surface area contributed by atoms with Crippen LogP contribution in [0.2, 0.25) is 0 Å². The number of fused-ring (bicyclic) bond motifs is 1. The van der Waals surface area contributed by atoms with Crippen LogP contribution < -0.4 is 20.3 Å². The van der Waals surface area contributed by atoms with Gasteiger partial charge in [0.1, 0.15) is 23.9 Å². The van der Waals surface area contributed by atoms with Gasteiger partial charge in [0.2, 0.25) is 0 Å². The maximum atomic E-state index is 12.4. The molecule has 2 aromatic heterocycles. The second-order valence-corrected chi connectivity index (χ2v) is 7.46. The Bertz CT molecular complexity index is 1310. The number of carbonyl (C=O) groups excluding carboxylic acids is 1. The van der Waals surface area contributed by atoms with E-state index in [2.05, 4.69) is 10.3 Å². The van der Waals surface area contributed by atoms with Gasteiger partial charge >= 0.3 is 0 Å². The fourth-order valence-corrected chi connectivity index (χ4v) is 3.13. The molecule has 0 aliphatic heterocycles. The standard InChI is InChI=1S/C24H23N3O5/c1-15-5-4-6-21(11-15)31-17(3)24(29)26-18-7-9-20(10-8-18)30-14-19-13-23(28)27-22(25-19)12-16(2)32-27/h4-13,17H,14H2,1-3H3,(H,26,29)/t17-/m0/s1. The van der Waals surface area contributed by atoms with Gasteiger partial charge in [0, 0.05) is 17.8 Å². The molecule has 8 nitrogen and oxygen atoms in total. The lowest BCUT2D eigenvalue weighted by Crippen LogP contribution is -2.30. The first kappa shape index (κ1) is 21.2. The molecule has 1 N–H and O–H groups in total. The predicted molar refractivity (Wildman–Crippen MR) is 119 cm³/mol. The van der Waals surface area contributed by atoms with Gasteiger partial charge < -0.3 is 19.3 Å². The minimum absolute atomic E-state index is 0.128. The van der Waals surface area contributed by atoms with Crippen LogP contribution >= 0.6 is 0 Å². The van der Waals surface area contributed by atoms with Crippen molar-refractivity contribution in [3.05, 3.63) is 88.0 Å². The van der Waals surface area contributed by atoms with Crippen molar-refractivity contribution in [2.75, 3.05) is 5.32 Å². The van der Waals surface area contributed by atoms with Crippen LogP contribution in [0.25, 0.3) is 5.65 Å². The summed E-state index contributed by atoms with van der Waals surface area (Å²) in [7, 11) is 0. The molecule has 4 rings (SSSR count). The third-order valence-corrected chi connectivity index (χ3v) is 4.70. The average Bonchev–Trinajstić information content (AvgIpc) is 3.14. The molecule has 2 heterocycles. The Balaban J connectivity index is 1.33. The van der Waals surface area contributed by atoms with E-state index in [1.165, 1.54) is 6.07 Å². The summed E-state index contributed by atoms with van der Waals surface area (Å²) in [5, 5.41) is 2.82. The largest absolute Gasteiger partial charge is 0.487 e. The van der Waals surface area contributed by atoms with Crippen LogP contribution in [0.4, 0.5) is 5.69 Å². The zero-order chi connectivity index (χ0) is 22.7. The maximum absolute atomic E-state index is 12.4. The van der Waals surface area contributed by atoms with Crippen LogP contribution in [0.5, 0.6) is 11.5 Å². The highest BCUT2D eigenvalue weighted by molar-refractivity contribution is 5.94. The number of aromatic nitrogens is 2. The highest BCUT2D eigenvalue weighted by Crippen LogP contribution is 2.18. The van der Waals surface area contributed by atoms with Crippen LogP contribution in [0.3, 0.4) is 0 Å². The lowest BCUT2D eigenvalue weighted by atomic mass is 10.2. The topological polar surface area (TPSA) is 95.1 Å². The van der Waals surface area contributed by atoms with Crippen molar-refractivity contribution in [3.8, 4) is 11.5 Å². The summed E-state index contributed by atoms with van der Waals surface area (Å²) in [6.07, 6.45) is -0.653. The lowest BCUT2D eigenvalue weighted by Gasteiger charge is -2.15. The molecule has 32 heavy (non-hydrogen) atoms. The third-order valence-electron chi connectivity index (χ3n) is 4.70. The number of carbonyl (C=O) groups is 1. The van der Waals surface area contributed by atoms with Gasteiger partial charge in [-0.3, -0.25) is 9.59 Å². The van der Waals surface area contributed by atoms with Crippen LogP contribution in [-0.4, -0.2) is 21.6 Å². The molecule has 0 unspecified atom stereocenters. The van der Waals surface area contributed by atoms with Crippen molar-refractivity contribution in [1.29, 1.82) is 0 Å². The molecule has 1 atom stereocenters. The average molecular weight is 433 g/mol.